The molecular weight excluding hydrogens is 266 g/mol. The first kappa shape index (κ1) is 13.1. The minimum Gasteiger partial charge on any atom is -0.378 e. The van der Waals surface area contributed by atoms with Gasteiger partial charge in [0.05, 0.1) is 16.3 Å². The van der Waals surface area contributed by atoms with Gasteiger partial charge in [-0.15, -0.1) is 11.3 Å². The average molecular weight is 283 g/mol. The van der Waals surface area contributed by atoms with Crippen LogP contribution in [0.1, 0.15) is 16.6 Å². The van der Waals surface area contributed by atoms with E-state index in [4.69, 9.17) is 5.73 Å². The van der Waals surface area contributed by atoms with Crippen LogP contribution >= 0.6 is 11.3 Å². The smallest absolute Gasteiger partial charge is 0.115 e. The molecule has 20 heavy (non-hydrogen) atoms. The highest BCUT2D eigenvalue weighted by atomic mass is 32.1. The third kappa shape index (κ3) is 2.40. The fraction of sp³-hybridized carbons (Fsp3) is 0.188. The van der Waals surface area contributed by atoms with Crippen LogP contribution in [0, 0.1) is 0 Å². The van der Waals surface area contributed by atoms with Crippen molar-refractivity contribution in [2.75, 3.05) is 19.0 Å². The predicted octanol–water partition coefficient (Wildman–Crippen LogP) is 3.41. The fourth-order valence-corrected chi connectivity index (χ4v) is 3.16. The molecule has 0 radical (unpaired) electrons. The Morgan fingerprint density at radius 3 is 2.65 bits per heavy atom. The number of hydrogen-bond donors (Lipinski definition) is 1. The molecule has 0 amide bonds. The number of anilines is 1. The van der Waals surface area contributed by atoms with Crippen molar-refractivity contribution in [3.8, 4) is 0 Å². The van der Waals surface area contributed by atoms with E-state index >= 15 is 0 Å². The molecule has 102 valence electrons. The molecule has 0 bridgehead atoms. The number of fused-ring (bicyclic) bond motifs is 1. The minimum absolute atomic E-state index is 0.174. The van der Waals surface area contributed by atoms with Crippen molar-refractivity contribution in [1.29, 1.82) is 0 Å². The van der Waals surface area contributed by atoms with E-state index in [0.717, 1.165) is 21.8 Å². The lowest BCUT2D eigenvalue weighted by Crippen LogP contribution is -2.13. The van der Waals surface area contributed by atoms with Gasteiger partial charge in [-0.25, -0.2) is 4.98 Å². The maximum Gasteiger partial charge on any atom is 0.115 e. The second kappa shape index (κ2) is 5.23. The predicted molar refractivity (Wildman–Crippen MR) is 86.4 cm³/mol. The Kier molecular flexibility index (Phi) is 3.42. The van der Waals surface area contributed by atoms with E-state index in [2.05, 4.69) is 34.1 Å². The Labute approximate surface area is 122 Å². The van der Waals surface area contributed by atoms with Crippen LogP contribution in [0.4, 0.5) is 5.69 Å². The van der Waals surface area contributed by atoms with E-state index in [1.165, 1.54) is 4.70 Å². The Morgan fingerprint density at radius 2 is 1.90 bits per heavy atom. The zero-order chi connectivity index (χ0) is 14.1. The summed E-state index contributed by atoms with van der Waals surface area (Å²) in [7, 11) is 4.06. The number of nitrogens with two attached hydrogens (primary N) is 1. The van der Waals surface area contributed by atoms with Crippen LogP contribution in [-0.4, -0.2) is 19.1 Å². The SMILES string of the molecule is CN(C)c1cccc(C(N)c2nc3ccccc3s2)c1. The second-order valence-electron chi connectivity index (χ2n) is 4.99. The van der Waals surface area contributed by atoms with E-state index in [1.54, 1.807) is 11.3 Å². The number of benzene rings is 2. The normalized spacial score (nSPS) is 12.6. The van der Waals surface area contributed by atoms with Crippen molar-refractivity contribution in [2.24, 2.45) is 5.73 Å². The standard InChI is InChI=1S/C16H17N3S/c1-19(2)12-7-5-6-11(10-12)15(17)16-18-13-8-3-4-9-14(13)20-16/h3-10,15H,17H2,1-2H3. The van der Waals surface area contributed by atoms with Crippen molar-refractivity contribution >= 4 is 27.2 Å². The largest absolute Gasteiger partial charge is 0.378 e. The van der Waals surface area contributed by atoms with Gasteiger partial charge in [0, 0.05) is 19.8 Å². The Balaban J connectivity index is 1.99. The molecule has 0 aliphatic rings. The molecule has 0 spiro atoms. The lowest BCUT2D eigenvalue weighted by molar-refractivity contribution is 0.860. The van der Waals surface area contributed by atoms with Gasteiger partial charge < -0.3 is 10.6 Å². The maximum atomic E-state index is 6.38. The number of nitrogens with zero attached hydrogens (tertiary/aromatic N) is 2. The van der Waals surface area contributed by atoms with Gasteiger partial charge in [0.15, 0.2) is 0 Å². The van der Waals surface area contributed by atoms with E-state index in [9.17, 15) is 0 Å². The van der Waals surface area contributed by atoms with Gasteiger partial charge in [-0.2, -0.15) is 0 Å². The number of para-hydroxylation sites is 1. The summed E-state index contributed by atoms with van der Waals surface area (Å²) in [5.41, 5.74) is 9.64. The molecule has 2 N–H and O–H groups in total. The summed E-state index contributed by atoms with van der Waals surface area (Å²) in [6.07, 6.45) is 0. The van der Waals surface area contributed by atoms with Crippen LogP contribution in [0.3, 0.4) is 0 Å². The van der Waals surface area contributed by atoms with Crippen LogP contribution < -0.4 is 10.6 Å². The molecule has 1 aromatic heterocycles. The molecule has 1 atom stereocenters. The third-order valence-corrected chi connectivity index (χ3v) is 4.44. The summed E-state index contributed by atoms with van der Waals surface area (Å²) in [5.74, 6) is 0. The highest BCUT2D eigenvalue weighted by Gasteiger charge is 2.14. The molecule has 0 aliphatic carbocycles. The van der Waals surface area contributed by atoms with Gasteiger partial charge in [-0.3, -0.25) is 0 Å². The summed E-state index contributed by atoms with van der Waals surface area (Å²) in [6.45, 7) is 0. The first-order valence-corrected chi connectivity index (χ1v) is 7.35. The van der Waals surface area contributed by atoms with Crippen LogP contribution in [-0.2, 0) is 0 Å². The van der Waals surface area contributed by atoms with Gasteiger partial charge in [-0.1, -0.05) is 24.3 Å². The molecule has 3 nitrogen and oxygen atoms in total. The first-order chi connectivity index (χ1) is 9.65. The highest BCUT2D eigenvalue weighted by Crippen LogP contribution is 2.29. The Bertz CT molecular complexity index is 700. The Hall–Kier alpha value is -1.91. The first-order valence-electron chi connectivity index (χ1n) is 6.53. The minimum atomic E-state index is -0.174. The molecule has 2 aromatic carbocycles. The maximum absolute atomic E-state index is 6.38. The van der Waals surface area contributed by atoms with Crippen LogP contribution in [0.25, 0.3) is 10.2 Å². The van der Waals surface area contributed by atoms with Crippen molar-refractivity contribution < 1.29 is 0 Å². The van der Waals surface area contributed by atoms with E-state index in [-0.39, 0.29) is 6.04 Å². The topological polar surface area (TPSA) is 42.1 Å². The quantitative estimate of drug-likeness (QED) is 0.801. The fourth-order valence-electron chi connectivity index (χ4n) is 2.16. The van der Waals surface area contributed by atoms with Crippen LogP contribution in [0.15, 0.2) is 48.5 Å². The summed E-state index contributed by atoms with van der Waals surface area (Å²) in [5, 5.41) is 0.960. The van der Waals surface area contributed by atoms with Gasteiger partial charge in [0.2, 0.25) is 0 Å². The Morgan fingerprint density at radius 1 is 1.10 bits per heavy atom. The lowest BCUT2D eigenvalue weighted by Gasteiger charge is -2.15. The highest BCUT2D eigenvalue weighted by molar-refractivity contribution is 7.18. The number of rotatable bonds is 3. The van der Waals surface area contributed by atoms with Gasteiger partial charge in [-0.05, 0) is 29.8 Å². The summed E-state index contributed by atoms with van der Waals surface area (Å²) < 4.78 is 1.18. The van der Waals surface area contributed by atoms with E-state index < -0.39 is 0 Å². The van der Waals surface area contributed by atoms with Crippen molar-refractivity contribution in [3.63, 3.8) is 0 Å². The monoisotopic (exact) mass is 283 g/mol. The number of aromatic nitrogens is 1. The summed E-state index contributed by atoms with van der Waals surface area (Å²) >= 11 is 1.66. The van der Waals surface area contributed by atoms with Crippen molar-refractivity contribution in [1.82, 2.24) is 4.98 Å². The van der Waals surface area contributed by atoms with Gasteiger partial charge in [0.1, 0.15) is 5.01 Å². The zero-order valence-corrected chi connectivity index (χ0v) is 12.4. The number of hydrogen-bond acceptors (Lipinski definition) is 4. The van der Waals surface area contributed by atoms with Crippen molar-refractivity contribution in [3.05, 3.63) is 59.1 Å². The van der Waals surface area contributed by atoms with E-state index in [0.29, 0.717) is 0 Å². The molecule has 0 fully saturated rings. The van der Waals surface area contributed by atoms with Crippen molar-refractivity contribution in [2.45, 2.75) is 6.04 Å². The van der Waals surface area contributed by atoms with Crippen LogP contribution in [0.2, 0.25) is 0 Å². The summed E-state index contributed by atoms with van der Waals surface area (Å²) in [6, 6.07) is 16.3. The van der Waals surface area contributed by atoms with E-state index in [1.807, 2.05) is 38.4 Å². The molecular formula is C16H17N3S. The molecule has 0 aliphatic heterocycles. The molecule has 0 saturated heterocycles. The molecule has 3 rings (SSSR count). The van der Waals surface area contributed by atoms with Crippen LogP contribution in [0.5, 0.6) is 0 Å². The second-order valence-corrected chi connectivity index (χ2v) is 6.05. The lowest BCUT2D eigenvalue weighted by atomic mass is 10.1. The third-order valence-electron chi connectivity index (χ3n) is 3.32. The molecule has 3 aromatic rings. The average Bonchev–Trinajstić information content (AvgIpc) is 2.90. The summed E-state index contributed by atoms with van der Waals surface area (Å²) in [4.78, 5) is 6.72. The molecule has 0 saturated carbocycles. The zero-order valence-electron chi connectivity index (χ0n) is 11.6. The number of thiazole rings is 1. The van der Waals surface area contributed by atoms with Gasteiger partial charge >= 0.3 is 0 Å². The van der Waals surface area contributed by atoms with Gasteiger partial charge in [0.25, 0.3) is 0 Å². The molecule has 4 heteroatoms. The molecule has 1 heterocycles. The molecule has 1 unspecified atom stereocenters.